The standard InChI is InChI=1S/C22H16N2O3/c23-16-3-1-13-5-12(10-25)6-20(18(13)8-16)21-19-9-17(24)4-2-14(19)7-15(11-26)22(21)27/h1-11,27H,23-24H2. The summed E-state index contributed by atoms with van der Waals surface area (Å²) in [6, 6.07) is 15.7. The van der Waals surface area contributed by atoms with Gasteiger partial charge in [0, 0.05) is 22.5 Å². The number of hydrogen-bond acceptors (Lipinski definition) is 5. The summed E-state index contributed by atoms with van der Waals surface area (Å²) in [7, 11) is 0. The molecule has 4 aromatic carbocycles. The molecule has 27 heavy (non-hydrogen) atoms. The van der Waals surface area contributed by atoms with Gasteiger partial charge in [-0.2, -0.15) is 0 Å². The summed E-state index contributed by atoms with van der Waals surface area (Å²) >= 11 is 0. The molecule has 0 amide bonds. The van der Waals surface area contributed by atoms with E-state index in [-0.39, 0.29) is 11.3 Å². The number of nitrogens with two attached hydrogens (primary N) is 2. The molecule has 5 heteroatoms. The van der Waals surface area contributed by atoms with E-state index in [1.807, 2.05) is 6.07 Å². The third-order valence-electron chi connectivity index (χ3n) is 4.70. The van der Waals surface area contributed by atoms with E-state index >= 15 is 0 Å². The van der Waals surface area contributed by atoms with Crippen LogP contribution in [0.4, 0.5) is 11.4 Å². The molecule has 0 atom stereocenters. The zero-order valence-corrected chi connectivity index (χ0v) is 14.3. The zero-order chi connectivity index (χ0) is 19.1. The van der Waals surface area contributed by atoms with Crippen molar-refractivity contribution in [2.45, 2.75) is 0 Å². The fraction of sp³-hybridized carbons (Fsp3) is 0. The second-order valence-corrected chi connectivity index (χ2v) is 6.45. The summed E-state index contributed by atoms with van der Waals surface area (Å²) in [5.41, 5.74) is 14.7. The Labute approximate surface area is 154 Å². The molecule has 5 N–H and O–H groups in total. The van der Waals surface area contributed by atoms with Crippen LogP contribution in [0.1, 0.15) is 20.7 Å². The lowest BCUT2D eigenvalue weighted by Crippen LogP contribution is -1.94. The maximum Gasteiger partial charge on any atom is 0.153 e. The average molecular weight is 356 g/mol. The number of benzene rings is 4. The predicted molar refractivity (Wildman–Crippen MR) is 108 cm³/mol. The molecule has 0 aliphatic rings. The van der Waals surface area contributed by atoms with Crippen molar-refractivity contribution in [2.75, 3.05) is 11.5 Å². The molecule has 0 unspecified atom stereocenters. The predicted octanol–water partition coefficient (Wildman–Crippen LogP) is 4.16. The molecule has 0 bridgehead atoms. The first-order chi connectivity index (χ1) is 13.0. The van der Waals surface area contributed by atoms with Crippen molar-refractivity contribution >= 4 is 45.5 Å². The van der Waals surface area contributed by atoms with Crippen LogP contribution in [0.15, 0.2) is 54.6 Å². The van der Waals surface area contributed by atoms with Gasteiger partial charge in [-0.05, 0) is 69.6 Å². The summed E-state index contributed by atoms with van der Waals surface area (Å²) in [5, 5.41) is 13.8. The molecule has 132 valence electrons. The van der Waals surface area contributed by atoms with E-state index in [1.54, 1.807) is 48.5 Å². The first-order valence-corrected chi connectivity index (χ1v) is 8.31. The van der Waals surface area contributed by atoms with Crippen LogP contribution in [0.2, 0.25) is 0 Å². The molecular weight excluding hydrogens is 340 g/mol. The van der Waals surface area contributed by atoms with Gasteiger partial charge in [-0.25, -0.2) is 0 Å². The van der Waals surface area contributed by atoms with E-state index in [2.05, 4.69) is 0 Å². The quantitative estimate of drug-likeness (QED) is 0.377. The summed E-state index contributed by atoms with van der Waals surface area (Å²) < 4.78 is 0. The van der Waals surface area contributed by atoms with Gasteiger partial charge in [0.2, 0.25) is 0 Å². The second kappa shape index (κ2) is 6.14. The number of fused-ring (bicyclic) bond motifs is 2. The van der Waals surface area contributed by atoms with Crippen LogP contribution in [0.25, 0.3) is 32.7 Å². The van der Waals surface area contributed by atoms with Crippen LogP contribution in [-0.4, -0.2) is 17.7 Å². The third kappa shape index (κ3) is 2.66. The van der Waals surface area contributed by atoms with Gasteiger partial charge in [-0.15, -0.1) is 0 Å². The minimum absolute atomic E-state index is 0.158. The molecule has 0 saturated carbocycles. The molecule has 5 nitrogen and oxygen atoms in total. The Morgan fingerprint density at radius 2 is 1.37 bits per heavy atom. The van der Waals surface area contributed by atoms with Crippen molar-refractivity contribution in [1.82, 2.24) is 0 Å². The SMILES string of the molecule is Nc1ccc2cc(C=O)cc(-c3c(O)c(C=O)cc4ccc(N)cc34)c2c1. The van der Waals surface area contributed by atoms with Gasteiger partial charge in [0.05, 0.1) is 5.56 Å². The minimum Gasteiger partial charge on any atom is -0.507 e. The van der Waals surface area contributed by atoms with Crippen LogP contribution in [0.3, 0.4) is 0 Å². The maximum absolute atomic E-state index is 11.5. The number of carbonyl (C=O) groups is 2. The van der Waals surface area contributed by atoms with Gasteiger partial charge < -0.3 is 16.6 Å². The summed E-state index contributed by atoms with van der Waals surface area (Å²) in [5.74, 6) is -0.158. The minimum atomic E-state index is -0.158. The first-order valence-electron chi connectivity index (χ1n) is 8.31. The Hall–Kier alpha value is -3.86. The lowest BCUT2D eigenvalue weighted by Gasteiger charge is -2.15. The normalized spacial score (nSPS) is 11.0. The largest absolute Gasteiger partial charge is 0.507 e. The summed E-state index contributed by atoms with van der Waals surface area (Å²) in [6.45, 7) is 0. The molecule has 0 radical (unpaired) electrons. The lowest BCUT2D eigenvalue weighted by atomic mass is 9.89. The molecule has 0 spiro atoms. The molecule has 0 aliphatic carbocycles. The second-order valence-electron chi connectivity index (χ2n) is 6.45. The van der Waals surface area contributed by atoms with E-state index in [1.165, 1.54) is 0 Å². The first kappa shape index (κ1) is 16.6. The number of anilines is 2. The highest BCUT2D eigenvalue weighted by Gasteiger charge is 2.18. The Morgan fingerprint density at radius 1 is 0.741 bits per heavy atom. The number of nitrogen functional groups attached to an aromatic ring is 2. The van der Waals surface area contributed by atoms with E-state index in [9.17, 15) is 14.7 Å². The summed E-state index contributed by atoms with van der Waals surface area (Å²) in [6.07, 6.45) is 1.35. The topological polar surface area (TPSA) is 106 Å². The fourth-order valence-electron chi connectivity index (χ4n) is 3.46. The Morgan fingerprint density at radius 3 is 2.00 bits per heavy atom. The van der Waals surface area contributed by atoms with Gasteiger partial charge >= 0.3 is 0 Å². The highest BCUT2D eigenvalue weighted by molar-refractivity contribution is 6.12. The monoisotopic (exact) mass is 356 g/mol. The van der Waals surface area contributed by atoms with E-state index < -0.39 is 0 Å². The van der Waals surface area contributed by atoms with Crippen LogP contribution >= 0.6 is 0 Å². The van der Waals surface area contributed by atoms with E-state index in [4.69, 9.17) is 11.5 Å². The molecule has 0 aliphatic heterocycles. The number of phenolic OH excluding ortho intramolecular Hbond substituents is 1. The fourth-order valence-corrected chi connectivity index (χ4v) is 3.46. The van der Waals surface area contributed by atoms with Crippen molar-refractivity contribution in [3.63, 3.8) is 0 Å². The third-order valence-corrected chi connectivity index (χ3v) is 4.70. The number of rotatable bonds is 3. The lowest BCUT2D eigenvalue weighted by molar-refractivity contribution is 0.111. The van der Waals surface area contributed by atoms with Crippen molar-refractivity contribution in [3.05, 3.63) is 65.7 Å². The van der Waals surface area contributed by atoms with Crippen LogP contribution in [0, 0.1) is 0 Å². The van der Waals surface area contributed by atoms with Crippen molar-refractivity contribution in [1.29, 1.82) is 0 Å². The number of phenols is 1. The number of aldehydes is 2. The van der Waals surface area contributed by atoms with Crippen LogP contribution in [0.5, 0.6) is 5.75 Å². The van der Waals surface area contributed by atoms with Crippen molar-refractivity contribution < 1.29 is 14.7 Å². The summed E-state index contributed by atoms with van der Waals surface area (Å²) in [4.78, 5) is 23.0. The van der Waals surface area contributed by atoms with E-state index in [0.29, 0.717) is 39.7 Å². The van der Waals surface area contributed by atoms with Gasteiger partial charge in [0.1, 0.15) is 12.0 Å². The number of carbonyl (C=O) groups excluding carboxylic acids is 2. The Balaban J connectivity index is 2.24. The van der Waals surface area contributed by atoms with Crippen LogP contribution < -0.4 is 11.5 Å². The molecule has 4 rings (SSSR count). The highest BCUT2D eigenvalue weighted by Crippen LogP contribution is 2.43. The van der Waals surface area contributed by atoms with Gasteiger partial charge in [0.15, 0.2) is 6.29 Å². The highest BCUT2D eigenvalue weighted by atomic mass is 16.3. The molecular formula is C22H16N2O3. The average Bonchev–Trinajstić information content (AvgIpc) is 2.67. The molecule has 0 fully saturated rings. The number of hydrogen-bond donors (Lipinski definition) is 3. The van der Waals surface area contributed by atoms with Crippen molar-refractivity contribution in [3.8, 4) is 16.9 Å². The molecule has 0 aromatic heterocycles. The molecule has 4 aromatic rings. The molecule has 0 saturated heterocycles. The van der Waals surface area contributed by atoms with Gasteiger partial charge in [0.25, 0.3) is 0 Å². The van der Waals surface area contributed by atoms with Crippen LogP contribution in [-0.2, 0) is 0 Å². The van der Waals surface area contributed by atoms with Crippen molar-refractivity contribution in [2.24, 2.45) is 0 Å². The van der Waals surface area contributed by atoms with Gasteiger partial charge in [-0.1, -0.05) is 12.1 Å². The Kier molecular flexibility index (Phi) is 3.78. The smallest absolute Gasteiger partial charge is 0.153 e. The maximum atomic E-state index is 11.5. The Bertz CT molecular complexity index is 1250. The number of aromatic hydroxyl groups is 1. The van der Waals surface area contributed by atoms with E-state index in [0.717, 1.165) is 22.4 Å². The molecule has 0 heterocycles. The zero-order valence-electron chi connectivity index (χ0n) is 14.3. The van der Waals surface area contributed by atoms with Gasteiger partial charge in [-0.3, -0.25) is 9.59 Å².